The lowest BCUT2D eigenvalue weighted by Gasteiger charge is -2.17. The molecule has 0 aromatic heterocycles. The van der Waals surface area contributed by atoms with E-state index in [1.54, 1.807) is 0 Å². The molecule has 2 aromatic carbocycles. The van der Waals surface area contributed by atoms with Crippen LogP contribution in [-0.2, 0) is 6.42 Å². The van der Waals surface area contributed by atoms with Crippen LogP contribution in [0.2, 0.25) is 0 Å². The Hall–Kier alpha value is -1.60. The van der Waals surface area contributed by atoms with E-state index in [9.17, 15) is 0 Å². The molecule has 2 aromatic rings. The SMILES string of the molecule is CNC[C@H](CCCc1ccccc1)c1ccccc1. The highest BCUT2D eigenvalue weighted by molar-refractivity contribution is 5.20. The minimum Gasteiger partial charge on any atom is -0.319 e. The molecule has 0 aliphatic rings. The van der Waals surface area contributed by atoms with Gasteiger partial charge in [-0.2, -0.15) is 0 Å². The van der Waals surface area contributed by atoms with Gasteiger partial charge in [-0.25, -0.2) is 0 Å². The van der Waals surface area contributed by atoms with Gasteiger partial charge < -0.3 is 5.32 Å². The third kappa shape index (κ3) is 4.53. The minimum atomic E-state index is 0.620. The monoisotopic (exact) mass is 253 g/mol. The molecule has 0 spiro atoms. The lowest BCUT2D eigenvalue weighted by molar-refractivity contribution is 0.560. The molecule has 0 saturated carbocycles. The number of hydrogen-bond acceptors (Lipinski definition) is 1. The Kier molecular flexibility index (Phi) is 5.64. The van der Waals surface area contributed by atoms with Crippen LogP contribution in [0.1, 0.15) is 29.9 Å². The van der Waals surface area contributed by atoms with Crippen molar-refractivity contribution in [1.82, 2.24) is 5.32 Å². The van der Waals surface area contributed by atoms with Gasteiger partial charge in [0.15, 0.2) is 0 Å². The molecule has 0 unspecified atom stereocenters. The van der Waals surface area contributed by atoms with Crippen LogP contribution < -0.4 is 5.32 Å². The van der Waals surface area contributed by atoms with Crippen LogP contribution in [0.4, 0.5) is 0 Å². The van der Waals surface area contributed by atoms with Crippen molar-refractivity contribution < 1.29 is 0 Å². The topological polar surface area (TPSA) is 12.0 Å². The zero-order valence-electron chi connectivity index (χ0n) is 11.7. The average Bonchev–Trinajstić information content (AvgIpc) is 2.48. The zero-order chi connectivity index (χ0) is 13.3. The molecule has 1 atom stereocenters. The van der Waals surface area contributed by atoms with E-state index in [-0.39, 0.29) is 0 Å². The van der Waals surface area contributed by atoms with Crippen molar-refractivity contribution in [3.63, 3.8) is 0 Å². The number of rotatable bonds is 7. The van der Waals surface area contributed by atoms with Crippen LogP contribution in [0.5, 0.6) is 0 Å². The van der Waals surface area contributed by atoms with Crippen molar-refractivity contribution in [1.29, 1.82) is 0 Å². The quantitative estimate of drug-likeness (QED) is 0.786. The number of likely N-dealkylation sites (N-methyl/N-ethyl adjacent to an activating group) is 1. The van der Waals surface area contributed by atoms with Crippen molar-refractivity contribution in [2.75, 3.05) is 13.6 Å². The van der Waals surface area contributed by atoms with E-state index in [2.05, 4.69) is 66.0 Å². The van der Waals surface area contributed by atoms with Crippen molar-refractivity contribution in [3.8, 4) is 0 Å². The van der Waals surface area contributed by atoms with Crippen molar-refractivity contribution in [2.45, 2.75) is 25.2 Å². The fourth-order valence-electron chi connectivity index (χ4n) is 2.56. The summed E-state index contributed by atoms with van der Waals surface area (Å²) in [5.41, 5.74) is 2.89. The second kappa shape index (κ2) is 7.75. The molecule has 0 aliphatic heterocycles. The van der Waals surface area contributed by atoms with Gasteiger partial charge in [0.1, 0.15) is 0 Å². The second-order valence-corrected chi connectivity index (χ2v) is 5.04. The van der Waals surface area contributed by atoms with Gasteiger partial charge >= 0.3 is 0 Å². The molecule has 0 saturated heterocycles. The minimum absolute atomic E-state index is 0.620. The van der Waals surface area contributed by atoms with Crippen LogP contribution in [-0.4, -0.2) is 13.6 Å². The van der Waals surface area contributed by atoms with Gasteiger partial charge in [0.25, 0.3) is 0 Å². The van der Waals surface area contributed by atoms with Gasteiger partial charge in [0.2, 0.25) is 0 Å². The first-order chi connectivity index (χ1) is 9.40. The first kappa shape index (κ1) is 13.8. The summed E-state index contributed by atoms with van der Waals surface area (Å²) in [6.45, 7) is 1.05. The molecule has 0 amide bonds. The summed E-state index contributed by atoms with van der Waals surface area (Å²) in [6.07, 6.45) is 3.65. The number of nitrogens with one attached hydrogen (secondary N) is 1. The average molecular weight is 253 g/mol. The molecule has 100 valence electrons. The van der Waals surface area contributed by atoms with Gasteiger partial charge in [-0.05, 0) is 43.4 Å². The Labute approximate surface area is 116 Å². The van der Waals surface area contributed by atoms with Crippen molar-refractivity contribution in [3.05, 3.63) is 71.8 Å². The molecule has 2 rings (SSSR count). The predicted octanol–water partition coefficient (Wildman–Crippen LogP) is 4.01. The normalized spacial score (nSPS) is 12.3. The van der Waals surface area contributed by atoms with Gasteiger partial charge in [0.05, 0.1) is 0 Å². The molecule has 1 heteroatoms. The summed E-state index contributed by atoms with van der Waals surface area (Å²) in [6, 6.07) is 21.6. The highest BCUT2D eigenvalue weighted by Gasteiger charge is 2.09. The van der Waals surface area contributed by atoms with Gasteiger partial charge in [-0.1, -0.05) is 60.7 Å². The van der Waals surface area contributed by atoms with E-state index in [4.69, 9.17) is 0 Å². The smallest absolute Gasteiger partial charge is 0.00171 e. The maximum atomic E-state index is 3.31. The molecule has 0 aliphatic carbocycles. The Morgan fingerprint density at radius 3 is 2.16 bits per heavy atom. The lowest BCUT2D eigenvalue weighted by atomic mass is 9.92. The van der Waals surface area contributed by atoms with Crippen LogP contribution in [0.3, 0.4) is 0 Å². The highest BCUT2D eigenvalue weighted by Crippen LogP contribution is 2.21. The molecule has 0 heterocycles. The second-order valence-electron chi connectivity index (χ2n) is 5.04. The summed E-state index contributed by atoms with van der Waals surface area (Å²) in [5, 5.41) is 3.31. The highest BCUT2D eigenvalue weighted by atomic mass is 14.8. The van der Waals surface area contributed by atoms with E-state index in [1.807, 2.05) is 7.05 Å². The number of aryl methyl sites for hydroxylation is 1. The van der Waals surface area contributed by atoms with Crippen molar-refractivity contribution >= 4 is 0 Å². The van der Waals surface area contributed by atoms with E-state index in [0.717, 1.165) is 6.54 Å². The van der Waals surface area contributed by atoms with Crippen LogP contribution >= 0.6 is 0 Å². The lowest BCUT2D eigenvalue weighted by Crippen LogP contribution is -2.17. The maximum absolute atomic E-state index is 3.31. The van der Waals surface area contributed by atoms with Gasteiger partial charge in [0, 0.05) is 6.54 Å². The van der Waals surface area contributed by atoms with Gasteiger partial charge in [-0.15, -0.1) is 0 Å². The van der Waals surface area contributed by atoms with E-state index in [0.29, 0.717) is 5.92 Å². The Balaban J connectivity index is 1.87. The maximum Gasteiger partial charge on any atom is 0.00171 e. The van der Waals surface area contributed by atoms with Crippen LogP contribution in [0, 0.1) is 0 Å². The molecule has 1 N–H and O–H groups in total. The first-order valence-corrected chi connectivity index (χ1v) is 7.13. The number of benzene rings is 2. The summed E-state index contributed by atoms with van der Waals surface area (Å²) in [5.74, 6) is 0.620. The Bertz CT molecular complexity index is 450. The fraction of sp³-hybridized carbons (Fsp3) is 0.333. The molecular formula is C18H23N. The summed E-state index contributed by atoms with van der Waals surface area (Å²) in [7, 11) is 2.03. The van der Waals surface area contributed by atoms with Crippen LogP contribution in [0.25, 0.3) is 0 Å². The third-order valence-electron chi connectivity index (χ3n) is 3.58. The van der Waals surface area contributed by atoms with Crippen LogP contribution in [0.15, 0.2) is 60.7 Å². The summed E-state index contributed by atoms with van der Waals surface area (Å²) < 4.78 is 0. The van der Waals surface area contributed by atoms with Crippen molar-refractivity contribution in [2.24, 2.45) is 0 Å². The largest absolute Gasteiger partial charge is 0.319 e. The molecule has 0 radical (unpaired) electrons. The first-order valence-electron chi connectivity index (χ1n) is 7.13. The third-order valence-corrected chi connectivity index (χ3v) is 3.58. The van der Waals surface area contributed by atoms with E-state index < -0.39 is 0 Å². The number of hydrogen-bond donors (Lipinski definition) is 1. The van der Waals surface area contributed by atoms with Gasteiger partial charge in [-0.3, -0.25) is 0 Å². The predicted molar refractivity (Wildman–Crippen MR) is 82.5 cm³/mol. The summed E-state index contributed by atoms with van der Waals surface area (Å²) >= 11 is 0. The Morgan fingerprint density at radius 2 is 1.53 bits per heavy atom. The fourth-order valence-corrected chi connectivity index (χ4v) is 2.56. The molecule has 19 heavy (non-hydrogen) atoms. The van der Waals surface area contributed by atoms with E-state index in [1.165, 1.54) is 30.4 Å². The van der Waals surface area contributed by atoms with E-state index >= 15 is 0 Å². The molecule has 0 fully saturated rings. The molecular weight excluding hydrogens is 230 g/mol. The molecule has 0 bridgehead atoms. The summed E-state index contributed by atoms with van der Waals surface area (Å²) in [4.78, 5) is 0. The Morgan fingerprint density at radius 1 is 0.895 bits per heavy atom. The standard InChI is InChI=1S/C18H23N/c1-19-15-18(17-12-6-3-7-13-17)14-8-11-16-9-4-2-5-10-16/h2-7,9-10,12-13,18-19H,8,11,14-15H2,1H3/t18-/m0/s1. The zero-order valence-corrected chi connectivity index (χ0v) is 11.7. The molecule has 1 nitrogen and oxygen atoms in total.